The van der Waals surface area contributed by atoms with Crippen molar-refractivity contribution in [3.63, 3.8) is 0 Å². The zero-order valence-electron chi connectivity index (χ0n) is 6.90. The molecule has 0 aromatic heterocycles. The molecule has 0 N–H and O–H groups in total. The van der Waals surface area contributed by atoms with Gasteiger partial charge in [-0.25, -0.2) is 8.78 Å². The number of alkyl halides is 2. The highest BCUT2D eigenvalue weighted by Crippen LogP contribution is 2.29. The minimum Gasteiger partial charge on any atom is -0.209 e. The van der Waals surface area contributed by atoms with Gasteiger partial charge in [0.2, 0.25) is 0 Å². The van der Waals surface area contributed by atoms with Crippen molar-refractivity contribution in [1.82, 2.24) is 0 Å². The lowest BCUT2D eigenvalue weighted by molar-refractivity contribution is 0.140. The van der Waals surface area contributed by atoms with E-state index in [4.69, 9.17) is 0 Å². The van der Waals surface area contributed by atoms with Gasteiger partial charge >= 0.3 is 10.2 Å². The predicted molar refractivity (Wildman–Crippen MR) is 45.2 cm³/mol. The van der Waals surface area contributed by atoms with Crippen molar-refractivity contribution in [3.05, 3.63) is 35.9 Å². The Hall–Kier alpha value is -1.04. The highest BCUT2D eigenvalue weighted by molar-refractivity contribution is 7.86. The van der Waals surface area contributed by atoms with Crippen molar-refractivity contribution in [2.24, 2.45) is 0 Å². The quantitative estimate of drug-likeness (QED) is 0.738. The highest BCUT2D eigenvalue weighted by Gasteiger charge is 2.35. The number of rotatable bonds is 3. The van der Waals surface area contributed by atoms with Gasteiger partial charge in [-0.3, -0.25) is 0 Å². The molecule has 0 radical (unpaired) electrons. The van der Waals surface area contributed by atoms with Crippen LogP contribution in [0.25, 0.3) is 0 Å². The maximum atomic E-state index is 12.5. The van der Waals surface area contributed by atoms with Gasteiger partial charge in [0.1, 0.15) is 0 Å². The Morgan fingerprint density at radius 2 is 1.57 bits per heavy atom. The van der Waals surface area contributed by atoms with E-state index in [1.54, 1.807) is 0 Å². The lowest BCUT2D eigenvalue weighted by Crippen LogP contribution is -2.16. The van der Waals surface area contributed by atoms with Gasteiger partial charge < -0.3 is 0 Å². The van der Waals surface area contributed by atoms with Crippen molar-refractivity contribution in [1.29, 1.82) is 0 Å². The van der Waals surface area contributed by atoms with Gasteiger partial charge in [-0.15, -0.1) is 3.89 Å². The van der Waals surface area contributed by atoms with Crippen LogP contribution in [0.4, 0.5) is 12.7 Å². The van der Waals surface area contributed by atoms with Crippen LogP contribution in [-0.4, -0.2) is 14.8 Å². The normalized spacial score (nSPS) is 14.3. The molecule has 0 bridgehead atoms. The zero-order chi connectivity index (χ0) is 10.8. The van der Waals surface area contributed by atoms with Gasteiger partial charge in [-0.05, 0) is 5.56 Å². The summed E-state index contributed by atoms with van der Waals surface area (Å²) in [5, 5.41) is -2.39. The molecule has 0 aliphatic heterocycles. The second kappa shape index (κ2) is 4.00. The molecule has 0 spiro atoms. The van der Waals surface area contributed by atoms with E-state index in [2.05, 4.69) is 0 Å². The molecule has 2 nitrogen and oxygen atoms in total. The fourth-order valence-corrected chi connectivity index (χ4v) is 1.80. The molecule has 1 rings (SSSR count). The van der Waals surface area contributed by atoms with E-state index in [-0.39, 0.29) is 5.56 Å². The molecule has 6 heteroatoms. The number of halogens is 3. The number of hydrogen-bond donors (Lipinski definition) is 0. The molecule has 0 fully saturated rings. The van der Waals surface area contributed by atoms with Crippen molar-refractivity contribution in [2.45, 2.75) is 11.7 Å². The third kappa shape index (κ3) is 2.47. The van der Waals surface area contributed by atoms with Gasteiger partial charge in [-0.1, -0.05) is 30.3 Å². The van der Waals surface area contributed by atoms with E-state index in [0.717, 1.165) is 12.1 Å². The summed E-state index contributed by atoms with van der Waals surface area (Å²) < 4.78 is 57.9. The summed E-state index contributed by atoms with van der Waals surface area (Å²) in [5.41, 5.74) is -0.245. The molecular weight excluding hydrogens is 217 g/mol. The van der Waals surface area contributed by atoms with Crippen LogP contribution in [0.3, 0.4) is 0 Å². The average molecular weight is 224 g/mol. The SMILES string of the molecule is O=S(=O)(F)C(c1ccccc1)C(F)F. The minimum absolute atomic E-state index is 0.245. The molecule has 1 unspecified atom stereocenters. The molecule has 0 amide bonds. The predicted octanol–water partition coefficient (Wildman–Crippen LogP) is 2.29. The lowest BCUT2D eigenvalue weighted by atomic mass is 10.1. The standard InChI is InChI=1S/C8H7F3O2S/c9-8(10)7(14(11,12)13)6-4-2-1-3-5-6/h1-5,7-8H. The van der Waals surface area contributed by atoms with E-state index in [9.17, 15) is 21.1 Å². The first kappa shape index (κ1) is 11.0. The van der Waals surface area contributed by atoms with Crippen LogP contribution in [0, 0.1) is 0 Å². The van der Waals surface area contributed by atoms with Crippen LogP contribution in [0.2, 0.25) is 0 Å². The monoisotopic (exact) mass is 224 g/mol. The molecule has 78 valence electrons. The fourth-order valence-electron chi connectivity index (χ4n) is 1.07. The summed E-state index contributed by atoms with van der Waals surface area (Å²) in [6.07, 6.45) is -3.27. The first-order valence-corrected chi connectivity index (χ1v) is 5.14. The Morgan fingerprint density at radius 3 is 1.93 bits per heavy atom. The van der Waals surface area contributed by atoms with Crippen LogP contribution in [0.1, 0.15) is 10.8 Å². The second-order valence-electron chi connectivity index (χ2n) is 2.64. The van der Waals surface area contributed by atoms with Crippen molar-refractivity contribution in [3.8, 4) is 0 Å². The van der Waals surface area contributed by atoms with Crippen LogP contribution >= 0.6 is 0 Å². The Balaban J connectivity index is 3.15. The minimum atomic E-state index is -5.27. The van der Waals surface area contributed by atoms with Gasteiger partial charge in [0.15, 0.2) is 5.25 Å². The molecule has 1 atom stereocenters. The molecule has 1 aromatic carbocycles. The van der Waals surface area contributed by atoms with E-state index < -0.39 is 21.9 Å². The first-order valence-electron chi connectivity index (χ1n) is 3.69. The largest absolute Gasteiger partial charge is 0.315 e. The highest BCUT2D eigenvalue weighted by atomic mass is 32.3. The number of hydrogen-bond acceptors (Lipinski definition) is 2. The fraction of sp³-hybridized carbons (Fsp3) is 0.250. The van der Waals surface area contributed by atoms with E-state index in [1.807, 2.05) is 0 Å². The van der Waals surface area contributed by atoms with Gasteiger partial charge in [0, 0.05) is 0 Å². The van der Waals surface area contributed by atoms with Crippen LogP contribution < -0.4 is 0 Å². The van der Waals surface area contributed by atoms with E-state index >= 15 is 0 Å². The maximum Gasteiger partial charge on any atom is 0.315 e. The van der Waals surface area contributed by atoms with Crippen molar-refractivity contribution < 1.29 is 21.1 Å². The van der Waals surface area contributed by atoms with E-state index in [0.29, 0.717) is 0 Å². The Kier molecular flexibility index (Phi) is 3.15. The van der Waals surface area contributed by atoms with Gasteiger partial charge in [0.05, 0.1) is 0 Å². The molecule has 0 saturated carbocycles. The van der Waals surface area contributed by atoms with Gasteiger partial charge in [-0.2, -0.15) is 8.42 Å². The summed E-state index contributed by atoms with van der Waals surface area (Å²) in [6.45, 7) is 0. The summed E-state index contributed by atoms with van der Waals surface area (Å²) in [7, 11) is -5.27. The molecule has 0 heterocycles. The molecular formula is C8H7F3O2S. The maximum absolute atomic E-state index is 12.5. The van der Waals surface area contributed by atoms with Crippen LogP contribution in [0.15, 0.2) is 30.3 Å². The summed E-state index contributed by atoms with van der Waals surface area (Å²) in [4.78, 5) is 0. The second-order valence-corrected chi connectivity index (χ2v) is 4.10. The summed E-state index contributed by atoms with van der Waals surface area (Å²) >= 11 is 0. The molecule has 0 saturated heterocycles. The summed E-state index contributed by atoms with van der Waals surface area (Å²) in [6, 6.07) is 6.56. The third-order valence-corrected chi connectivity index (χ3v) is 2.74. The molecule has 1 aromatic rings. The van der Waals surface area contributed by atoms with Gasteiger partial charge in [0.25, 0.3) is 6.43 Å². The zero-order valence-corrected chi connectivity index (χ0v) is 7.72. The van der Waals surface area contributed by atoms with Crippen molar-refractivity contribution in [2.75, 3.05) is 0 Å². The Bertz CT molecular complexity index is 388. The van der Waals surface area contributed by atoms with Crippen LogP contribution in [0.5, 0.6) is 0 Å². The Labute approximate surface area is 79.6 Å². The average Bonchev–Trinajstić information content (AvgIpc) is 2.02. The molecule has 0 aliphatic carbocycles. The molecule has 0 aliphatic rings. The lowest BCUT2D eigenvalue weighted by Gasteiger charge is -2.11. The first-order chi connectivity index (χ1) is 6.43. The smallest absolute Gasteiger partial charge is 0.209 e. The topological polar surface area (TPSA) is 34.1 Å². The summed E-state index contributed by atoms with van der Waals surface area (Å²) in [5.74, 6) is 0. The number of benzene rings is 1. The van der Waals surface area contributed by atoms with Crippen molar-refractivity contribution >= 4 is 10.2 Å². The Morgan fingerprint density at radius 1 is 1.07 bits per heavy atom. The third-order valence-electron chi connectivity index (χ3n) is 1.66. The molecule has 14 heavy (non-hydrogen) atoms. The van der Waals surface area contributed by atoms with E-state index in [1.165, 1.54) is 18.2 Å². The van der Waals surface area contributed by atoms with Crippen LogP contribution in [-0.2, 0) is 10.2 Å².